The maximum Gasteiger partial charge on any atom is 0.363 e. The summed E-state index contributed by atoms with van der Waals surface area (Å²) in [6.07, 6.45) is 2.72. The topological polar surface area (TPSA) is 47.9 Å². The molecule has 0 radical (unpaired) electrons. The number of rotatable bonds is 4. The molecule has 116 valence electrons. The summed E-state index contributed by atoms with van der Waals surface area (Å²) in [5, 5.41) is 0. The van der Waals surface area contributed by atoms with Crippen LogP contribution in [0.5, 0.6) is 5.75 Å². The van der Waals surface area contributed by atoms with Crippen LogP contribution in [0.25, 0.3) is 6.08 Å². The first kappa shape index (κ1) is 15.0. The highest BCUT2D eigenvalue weighted by molar-refractivity contribution is 6.12. The van der Waals surface area contributed by atoms with Gasteiger partial charge in [-0.2, -0.15) is 0 Å². The van der Waals surface area contributed by atoms with Crippen molar-refractivity contribution in [3.05, 3.63) is 70.9 Å². The number of nitrogens with zero attached hydrogens (tertiary/aromatic N) is 1. The molecule has 4 nitrogen and oxygen atoms in total. The van der Waals surface area contributed by atoms with Gasteiger partial charge >= 0.3 is 5.97 Å². The zero-order valence-corrected chi connectivity index (χ0v) is 13.1. The maximum absolute atomic E-state index is 12.0. The molecule has 3 rings (SSSR count). The lowest BCUT2D eigenvalue weighted by molar-refractivity contribution is -0.129. The molecular formula is C19H17NO3. The van der Waals surface area contributed by atoms with Gasteiger partial charge in [0.1, 0.15) is 5.75 Å². The van der Waals surface area contributed by atoms with Crippen molar-refractivity contribution in [2.75, 3.05) is 7.11 Å². The second-order valence-corrected chi connectivity index (χ2v) is 5.16. The Bertz CT molecular complexity index is 771. The van der Waals surface area contributed by atoms with Crippen molar-refractivity contribution in [3.8, 4) is 5.75 Å². The lowest BCUT2D eigenvalue weighted by Gasteiger charge is -2.01. The van der Waals surface area contributed by atoms with Gasteiger partial charge in [-0.1, -0.05) is 31.2 Å². The number of methoxy groups -OCH3 is 1. The van der Waals surface area contributed by atoms with E-state index in [1.807, 2.05) is 36.4 Å². The Morgan fingerprint density at radius 2 is 1.78 bits per heavy atom. The number of hydrogen-bond donors (Lipinski definition) is 0. The van der Waals surface area contributed by atoms with Gasteiger partial charge in [0.15, 0.2) is 5.70 Å². The molecule has 1 heterocycles. The Kier molecular flexibility index (Phi) is 4.24. The Balaban J connectivity index is 1.86. The monoisotopic (exact) mass is 307 g/mol. The highest BCUT2D eigenvalue weighted by Crippen LogP contribution is 2.21. The third kappa shape index (κ3) is 3.31. The van der Waals surface area contributed by atoms with E-state index in [1.54, 1.807) is 25.3 Å². The smallest absolute Gasteiger partial charge is 0.363 e. The van der Waals surface area contributed by atoms with Crippen LogP contribution in [0.4, 0.5) is 0 Å². The Morgan fingerprint density at radius 1 is 1.09 bits per heavy atom. The fourth-order valence-electron chi connectivity index (χ4n) is 2.27. The average Bonchev–Trinajstić information content (AvgIpc) is 2.96. The van der Waals surface area contributed by atoms with Crippen LogP contribution in [0.3, 0.4) is 0 Å². The van der Waals surface area contributed by atoms with E-state index < -0.39 is 5.97 Å². The maximum atomic E-state index is 12.0. The van der Waals surface area contributed by atoms with E-state index in [-0.39, 0.29) is 0 Å². The lowest BCUT2D eigenvalue weighted by atomic mass is 10.1. The molecule has 0 atom stereocenters. The van der Waals surface area contributed by atoms with Crippen LogP contribution < -0.4 is 4.74 Å². The van der Waals surface area contributed by atoms with Crippen molar-refractivity contribution < 1.29 is 14.3 Å². The molecule has 1 aliphatic rings. The van der Waals surface area contributed by atoms with Crippen LogP contribution >= 0.6 is 0 Å². The number of hydrogen-bond acceptors (Lipinski definition) is 4. The lowest BCUT2D eigenvalue weighted by Crippen LogP contribution is -2.05. The third-order valence-electron chi connectivity index (χ3n) is 3.65. The molecule has 0 unspecified atom stereocenters. The van der Waals surface area contributed by atoms with Gasteiger partial charge in [0.2, 0.25) is 5.90 Å². The van der Waals surface area contributed by atoms with Crippen LogP contribution in [-0.4, -0.2) is 19.0 Å². The molecule has 2 aromatic carbocycles. The number of benzene rings is 2. The van der Waals surface area contributed by atoms with Gasteiger partial charge in [-0.05, 0) is 47.9 Å². The minimum atomic E-state index is -0.435. The minimum absolute atomic E-state index is 0.306. The van der Waals surface area contributed by atoms with Gasteiger partial charge < -0.3 is 9.47 Å². The summed E-state index contributed by atoms with van der Waals surface area (Å²) in [6.45, 7) is 2.10. The Hall–Kier alpha value is -2.88. The zero-order valence-electron chi connectivity index (χ0n) is 13.1. The standard InChI is InChI=1S/C19H17NO3/c1-3-13-4-6-14(7-5-13)12-17-19(21)23-18(20-17)15-8-10-16(22-2)11-9-15/h4-12H,3H2,1-2H3/b17-12-. The van der Waals surface area contributed by atoms with E-state index in [0.29, 0.717) is 11.6 Å². The first-order valence-electron chi connectivity index (χ1n) is 7.45. The molecule has 0 spiro atoms. The first-order chi connectivity index (χ1) is 11.2. The highest BCUT2D eigenvalue weighted by atomic mass is 16.6. The fraction of sp³-hybridized carbons (Fsp3) is 0.158. The largest absolute Gasteiger partial charge is 0.497 e. The van der Waals surface area contributed by atoms with Crippen LogP contribution in [0.2, 0.25) is 0 Å². The molecule has 1 aliphatic heterocycles. The molecule has 0 saturated heterocycles. The fourth-order valence-corrected chi connectivity index (χ4v) is 2.27. The van der Waals surface area contributed by atoms with Crippen molar-refractivity contribution in [2.24, 2.45) is 4.99 Å². The van der Waals surface area contributed by atoms with Gasteiger partial charge in [-0.25, -0.2) is 9.79 Å². The van der Waals surface area contributed by atoms with Crippen LogP contribution in [0.15, 0.2) is 59.2 Å². The summed E-state index contributed by atoms with van der Waals surface area (Å²) >= 11 is 0. The average molecular weight is 307 g/mol. The van der Waals surface area contributed by atoms with Crippen molar-refractivity contribution in [3.63, 3.8) is 0 Å². The molecule has 0 aromatic heterocycles. The van der Waals surface area contributed by atoms with E-state index >= 15 is 0 Å². The second-order valence-electron chi connectivity index (χ2n) is 5.16. The number of carbonyl (C=O) groups excluding carboxylic acids is 1. The molecule has 0 saturated carbocycles. The Morgan fingerprint density at radius 3 is 2.39 bits per heavy atom. The number of aliphatic imine (C=N–C) groups is 1. The SMILES string of the molecule is CCc1ccc(/C=C2\N=C(c3ccc(OC)cc3)OC2=O)cc1. The van der Waals surface area contributed by atoms with Gasteiger partial charge in [0.25, 0.3) is 0 Å². The van der Waals surface area contributed by atoms with Crippen molar-refractivity contribution in [2.45, 2.75) is 13.3 Å². The van der Waals surface area contributed by atoms with Crippen LogP contribution in [0, 0.1) is 0 Å². The molecule has 0 amide bonds. The number of cyclic esters (lactones) is 1. The predicted molar refractivity (Wildman–Crippen MR) is 89.4 cm³/mol. The van der Waals surface area contributed by atoms with Gasteiger partial charge in [-0.15, -0.1) is 0 Å². The summed E-state index contributed by atoms with van der Waals surface area (Å²) in [5.74, 6) is 0.620. The summed E-state index contributed by atoms with van der Waals surface area (Å²) in [5.41, 5.74) is 3.22. The van der Waals surface area contributed by atoms with Crippen molar-refractivity contribution in [1.29, 1.82) is 0 Å². The molecule has 0 fully saturated rings. The number of esters is 1. The molecule has 0 aliphatic carbocycles. The zero-order chi connectivity index (χ0) is 16.2. The van der Waals surface area contributed by atoms with Crippen molar-refractivity contribution >= 4 is 17.9 Å². The molecule has 0 N–H and O–H groups in total. The predicted octanol–water partition coefficient (Wildman–Crippen LogP) is 3.60. The summed E-state index contributed by atoms with van der Waals surface area (Å²) in [6, 6.07) is 15.3. The van der Waals surface area contributed by atoms with E-state index in [2.05, 4.69) is 11.9 Å². The number of carbonyl (C=O) groups is 1. The number of aryl methyl sites for hydroxylation is 1. The molecule has 4 heteroatoms. The summed E-state index contributed by atoms with van der Waals surface area (Å²) in [4.78, 5) is 16.3. The molecule has 2 aromatic rings. The van der Waals surface area contributed by atoms with Gasteiger partial charge in [0.05, 0.1) is 7.11 Å². The van der Waals surface area contributed by atoms with E-state index in [4.69, 9.17) is 9.47 Å². The quantitative estimate of drug-likeness (QED) is 0.640. The van der Waals surface area contributed by atoms with E-state index in [9.17, 15) is 4.79 Å². The molecule has 23 heavy (non-hydrogen) atoms. The van der Waals surface area contributed by atoms with Gasteiger partial charge in [-0.3, -0.25) is 0 Å². The van der Waals surface area contributed by atoms with E-state index in [1.165, 1.54) is 5.56 Å². The summed E-state index contributed by atoms with van der Waals surface area (Å²) in [7, 11) is 1.60. The van der Waals surface area contributed by atoms with Crippen molar-refractivity contribution in [1.82, 2.24) is 0 Å². The minimum Gasteiger partial charge on any atom is -0.497 e. The number of ether oxygens (including phenoxy) is 2. The summed E-state index contributed by atoms with van der Waals surface area (Å²) < 4.78 is 10.4. The first-order valence-corrected chi connectivity index (χ1v) is 7.45. The molecular weight excluding hydrogens is 290 g/mol. The second kappa shape index (κ2) is 6.48. The normalized spacial score (nSPS) is 15.5. The Labute approximate surface area is 135 Å². The van der Waals surface area contributed by atoms with Crippen LogP contribution in [-0.2, 0) is 16.0 Å². The third-order valence-corrected chi connectivity index (χ3v) is 3.65. The van der Waals surface area contributed by atoms with E-state index in [0.717, 1.165) is 23.3 Å². The highest BCUT2D eigenvalue weighted by Gasteiger charge is 2.24. The van der Waals surface area contributed by atoms with Crippen LogP contribution in [0.1, 0.15) is 23.6 Å². The van der Waals surface area contributed by atoms with Gasteiger partial charge in [0, 0.05) is 5.56 Å². The molecule has 0 bridgehead atoms.